The molecule has 4 aromatic rings. The Bertz CT molecular complexity index is 1320. The third-order valence-electron chi connectivity index (χ3n) is 6.61. The number of amides is 1. The van der Waals surface area contributed by atoms with Gasteiger partial charge in [-0.3, -0.25) is 14.5 Å². The van der Waals surface area contributed by atoms with Crippen LogP contribution in [0, 0.1) is 0 Å². The SMILES string of the molecule is CCCn1c2ccccc2c2cnn(CC(=O)NCCCN(Cc3ccco3)[C@H](C)CC)c(=O)c21. The molecule has 3 aromatic heterocycles. The molecule has 0 saturated carbocycles. The number of rotatable bonds is 12. The van der Waals surface area contributed by atoms with Gasteiger partial charge in [-0.1, -0.05) is 32.0 Å². The normalized spacial score (nSPS) is 12.6. The molecule has 1 aromatic carbocycles. The molecule has 0 spiro atoms. The van der Waals surface area contributed by atoms with Crippen molar-refractivity contribution in [3.63, 3.8) is 0 Å². The molecule has 4 rings (SSSR count). The Labute approximate surface area is 205 Å². The average Bonchev–Trinajstić information content (AvgIpc) is 3.49. The number of nitrogens with one attached hydrogen (secondary N) is 1. The van der Waals surface area contributed by atoms with Gasteiger partial charge in [0.15, 0.2) is 0 Å². The van der Waals surface area contributed by atoms with Gasteiger partial charge in [-0.15, -0.1) is 0 Å². The molecule has 1 amide bonds. The molecule has 0 bridgehead atoms. The molecule has 0 aliphatic heterocycles. The molecule has 1 atom stereocenters. The summed E-state index contributed by atoms with van der Waals surface area (Å²) >= 11 is 0. The number of nitrogens with zero attached hydrogens (tertiary/aromatic N) is 4. The van der Waals surface area contributed by atoms with Gasteiger partial charge in [0.25, 0.3) is 5.56 Å². The third-order valence-corrected chi connectivity index (χ3v) is 6.61. The fourth-order valence-corrected chi connectivity index (χ4v) is 4.58. The number of carbonyl (C=O) groups excluding carboxylic acids is 1. The molecule has 8 nitrogen and oxygen atoms in total. The van der Waals surface area contributed by atoms with Crippen molar-refractivity contribution in [1.29, 1.82) is 0 Å². The van der Waals surface area contributed by atoms with E-state index in [9.17, 15) is 9.59 Å². The summed E-state index contributed by atoms with van der Waals surface area (Å²) in [5.74, 6) is 0.730. The molecule has 1 N–H and O–H groups in total. The van der Waals surface area contributed by atoms with E-state index in [1.54, 1.807) is 12.5 Å². The zero-order valence-corrected chi connectivity index (χ0v) is 20.9. The van der Waals surface area contributed by atoms with Crippen LogP contribution in [0.4, 0.5) is 0 Å². The van der Waals surface area contributed by atoms with Crippen molar-refractivity contribution in [2.24, 2.45) is 0 Å². The fourth-order valence-electron chi connectivity index (χ4n) is 4.58. The molecule has 186 valence electrons. The summed E-state index contributed by atoms with van der Waals surface area (Å²) in [4.78, 5) is 28.3. The number of carbonyl (C=O) groups is 1. The predicted molar refractivity (Wildman–Crippen MR) is 138 cm³/mol. The van der Waals surface area contributed by atoms with E-state index in [0.717, 1.165) is 60.9 Å². The monoisotopic (exact) mass is 477 g/mol. The Hall–Kier alpha value is -3.39. The number of aryl methyl sites for hydroxylation is 1. The Morgan fingerprint density at radius 1 is 1.17 bits per heavy atom. The van der Waals surface area contributed by atoms with E-state index in [1.165, 1.54) is 4.68 Å². The predicted octanol–water partition coefficient (Wildman–Crippen LogP) is 4.16. The summed E-state index contributed by atoms with van der Waals surface area (Å²) in [7, 11) is 0. The fraction of sp³-hybridized carbons (Fsp3) is 0.444. The van der Waals surface area contributed by atoms with Crippen molar-refractivity contribution in [2.45, 2.75) is 65.7 Å². The van der Waals surface area contributed by atoms with E-state index in [1.807, 2.05) is 41.0 Å². The number of hydrogen-bond acceptors (Lipinski definition) is 5. The lowest BCUT2D eigenvalue weighted by Gasteiger charge is -2.27. The molecule has 0 aliphatic carbocycles. The van der Waals surface area contributed by atoms with Crippen molar-refractivity contribution < 1.29 is 9.21 Å². The van der Waals surface area contributed by atoms with Gasteiger partial charge in [-0.2, -0.15) is 5.10 Å². The van der Waals surface area contributed by atoms with E-state index >= 15 is 0 Å². The van der Waals surface area contributed by atoms with Gasteiger partial charge in [-0.25, -0.2) is 4.68 Å². The topological polar surface area (TPSA) is 85.3 Å². The van der Waals surface area contributed by atoms with E-state index in [-0.39, 0.29) is 18.0 Å². The van der Waals surface area contributed by atoms with E-state index < -0.39 is 0 Å². The second kappa shape index (κ2) is 11.4. The molecule has 0 unspecified atom stereocenters. The van der Waals surface area contributed by atoms with Crippen LogP contribution in [0.3, 0.4) is 0 Å². The summed E-state index contributed by atoms with van der Waals surface area (Å²) in [5.41, 5.74) is 1.40. The second-order valence-electron chi connectivity index (χ2n) is 9.05. The summed E-state index contributed by atoms with van der Waals surface area (Å²) < 4.78 is 8.82. The first-order valence-corrected chi connectivity index (χ1v) is 12.5. The molecule has 8 heteroatoms. The Morgan fingerprint density at radius 3 is 2.74 bits per heavy atom. The van der Waals surface area contributed by atoms with Crippen molar-refractivity contribution in [2.75, 3.05) is 13.1 Å². The molecular weight excluding hydrogens is 442 g/mol. The summed E-state index contributed by atoms with van der Waals surface area (Å²) in [6.45, 7) is 9.24. The average molecular weight is 478 g/mol. The minimum absolute atomic E-state index is 0.0934. The highest BCUT2D eigenvalue weighted by Crippen LogP contribution is 2.26. The van der Waals surface area contributed by atoms with Gasteiger partial charge in [0, 0.05) is 42.0 Å². The highest BCUT2D eigenvalue weighted by molar-refractivity contribution is 6.07. The maximum Gasteiger partial charge on any atom is 0.291 e. The standard InChI is InChI=1S/C27H35N5O3/c1-4-14-31-24-12-7-6-11-22(24)23-17-29-32(27(34)26(23)31)19-25(33)28-13-9-15-30(20(3)5-2)18-21-10-8-16-35-21/h6-8,10-12,16-17,20H,4-5,9,13-15,18-19H2,1-3H3,(H,28,33)/t20-/m1/s1. The van der Waals surface area contributed by atoms with Gasteiger partial charge in [0.1, 0.15) is 17.8 Å². The van der Waals surface area contributed by atoms with Crippen LogP contribution in [0.15, 0.2) is 58.1 Å². The van der Waals surface area contributed by atoms with E-state index in [4.69, 9.17) is 4.42 Å². The van der Waals surface area contributed by atoms with Gasteiger partial charge in [0.05, 0.1) is 19.0 Å². The maximum atomic E-state index is 13.3. The summed E-state index contributed by atoms with van der Waals surface area (Å²) in [6, 6.07) is 12.3. The molecule has 0 fully saturated rings. The minimum Gasteiger partial charge on any atom is -0.468 e. The Morgan fingerprint density at radius 2 is 2.00 bits per heavy atom. The van der Waals surface area contributed by atoms with E-state index in [0.29, 0.717) is 18.1 Å². The maximum absolute atomic E-state index is 13.3. The first kappa shape index (κ1) is 24.7. The van der Waals surface area contributed by atoms with Crippen molar-refractivity contribution in [3.05, 3.63) is 65.0 Å². The third kappa shape index (κ3) is 5.48. The second-order valence-corrected chi connectivity index (χ2v) is 9.05. The zero-order valence-electron chi connectivity index (χ0n) is 20.9. The molecule has 35 heavy (non-hydrogen) atoms. The number of aromatic nitrogens is 3. The molecule has 0 aliphatic rings. The zero-order chi connectivity index (χ0) is 24.8. The number of para-hydroxylation sites is 1. The summed E-state index contributed by atoms with van der Waals surface area (Å²) in [6.07, 6.45) is 6.15. The lowest BCUT2D eigenvalue weighted by molar-refractivity contribution is -0.121. The number of fused-ring (bicyclic) bond motifs is 3. The molecule has 0 radical (unpaired) electrons. The first-order valence-electron chi connectivity index (χ1n) is 12.5. The minimum atomic E-state index is -0.233. The van der Waals surface area contributed by atoms with Crippen LogP contribution >= 0.6 is 0 Å². The lowest BCUT2D eigenvalue weighted by Crippen LogP contribution is -2.37. The van der Waals surface area contributed by atoms with Crippen molar-refractivity contribution >= 4 is 27.7 Å². The molecular formula is C27H35N5O3. The summed E-state index contributed by atoms with van der Waals surface area (Å²) in [5, 5.41) is 9.10. The van der Waals surface area contributed by atoms with Gasteiger partial charge in [0.2, 0.25) is 5.91 Å². The van der Waals surface area contributed by atoms with Gasteiger partial charge in [-0.05, 0) is 44.4 Å². The number of furan rings is 1. The molecule has 3 heterocycles. The van der Waals surface area contributed by atoms with Crippen molar-refractivity contribution in [3.8, 4) is 0 Å². The highest BCUT2D eigenvalue weighted by atomic mass is 16.3. The quantitative estimate of drug-likeness (QED) is 0.310. The first-order chi connectivity index (χ1) is 17.0. The molecule has 0 saturated heterocycles. The number of benzene rings is 1. The van der Waals surface area contributed by atoms with Gasteiger partial charge >= 0.3 is 0 Å². The highest BCUT2D eigenvalue weighted by Gasteiger charge is 2.17. The smallest absolute Gasteiger partial charge is 0.291 e. The van der Waals surface area contributed by atoms with Crippen LogP contribution in [0.5, 0.6) is 0 Å². The Kier molecular flexibility index (Phi) is 8.02. The van der Waals surface area contributed by atoms with Crippen LogP contribution in [-0.2, 0) is 24.4 Å². The Balaban J connectivity index is 1.40. The largest absolute Gasteiger partial charge is 0.468 e. The lowest BCUT2D eigenvalue weighted by atomic mass is 10.2. The van der Waals surface area contributed by atoms with Crippen LogP contribution in [0.25, 0.3) is 21.8 Å². The van der Waals surface area contributed by atoms with E-state index in [2.05, 4.69) is 36.1 Å². The van der Waals surface area contributed by atoms with Gasteiger partial charge < -0.3 is 14.3 Å². The number of hydrogen-bond donors (Lipinski definition) is 1. The van der Waals surface area contributed by atoms with Crippen LogP contribution in [0.1, 0.15) is 45.8 Å². The van der Waals surface area contributed by atoms with Crippen LogP contribution < -0.4 is 10.9 Å². The van der Waals surface area contributed by atoms with Crippen LogP contribution in [-0.4, -0.2) is 44.3 Å². The van der Waals surface area contributed by atoms with Crippen LogP contribution in [0.2, 0.25) is 0 Å². The van der Waals surface area contributed by atoms with Crippen molar-refractivity contribution in [1.82, 2.24) is 24.6 Å².